The SMILES string of the molecule is [CH]=CS(=O)(=O)CC. The summed E-state index contributed by atoms with van der Waals surface area (Å²) in [5.41, 5.74) is 0. The summed E-state index contributed by atoms with van der Waals surface area (Å²) in [5, 5.41) is 0.715. The highest BCUT2D eigenvalue weighted by Gasteiger charge is 1.95. The largest absolute Gasteiger partial charge is 0.224 e. The minimum Gasteiger partial charge on any atom is -0.224 e. The summed E-state index contributed by atoms with van der Waals surface area (Å²) in [4.78, 5) is 0. The van der Waals surface area contributed by atoms with E-state index in [4.69, 9.17) is 6.58 Å². The van der Waals surface area contributed by atoms with Gasteiger partial charge in [-0.15, -0.1) is 0 Å². The van der Waals surface area contributed by atoms with E-state index in [1.807, 2.05) is 0 Å². The summed E-state index contributed by atoms with van der Waals surface area (Å²) >= 11 is 0. The van der Waals surface area contributed by atoms with Crippen molar-refractivity contribution in [2.45, 2.75) is 6.92 Å². The highest BCUT2D eigenvalue weighted by Crippen LogP contribution is 1.85. The number of sulfone groups is 1. The van der Waals surface area contributed by atoms with Crippen LogP contribution in [0.15, 0.2) is 5.41 Å². The zero-order valence-corrected chi connectivity index (χ0v) is 4.90. The molecule has 0 aromatic carbocycles. The van der Waals surface area contributed by atoms with Gasteiger partial charge in [0.05, 0.1) is 5.75 Å². The summed E-state index contributed by atoms with van der Waals surface area (Å²) in [6.45, 7) is 6.24. The van der Waals surface area contributed by atoms with Crippen molar-refractivity contribution in [3.63, 3.8) is 0 Å². The molecule has 3 heteroatoms. The molecule has 0 fully saturated rings. The van der Waals surface area contributed by atoms with Crippen LogP contribution in [0.3, 0.4) is 0 Å². The molecule has 0 heterocycles. The highest BCUT2D eigenvalue weighted by atomic mass is 32.2. The first-order chi connectivity index (χ1) is 3.12. The maximum Gasteiger partial charge on any atom is 0.171 e. The van der Waals surface area contributed by atoms with Crippen molar-refractivity contribution in [1.29, 1.82) is 0 Å². The lowest BCUT2D eigenvalue weighted by molar-refractivity contribution is 0.606. The van der Waals surface area contributed by atoms with Crippen molar-refractivity contribution in [2.24, 2.45) is 0 Å². The summed E-state index contributed by atoms with van der Waals surface area (Å²) < 4.78 is 20.4. The summed E-state index contributed by atoms with van der Waals surface area (Å²) in [6.07, 6.45) is 0. The molecule has 0 aliphatic heterocycles. The van der Waals surface area contributed by atoms with E-state index in [1.165, 1.54) is 0 Å². The van der Waals surface area contributed by atoms with E-state index in [1.54, 1.807) is 6.92 Å². The van der Waals surface area contributed by atoms with E-state index < -0.39 is 9.84 Å². The van der Waals surface area contributed by atoms with Crippen LogP contribution >= 0.6 is 0 Å². The predicted molar refractivity (Wildman–Crippen MR) is 28.3 cm³/mol. The topological polar surface area (TPSA) is 34.1 Å². The second-order valence-corrected chi connectivity index (χ2v) is 3.26. The van der Waals surface area contributed by atoms with Crippen LogP contribution in [0.25, 0.3) is 0 Å². The van der Waals surface area contributed by atoms with Gasteiger partial charge in [-0.05, 0) is 0 Å². The fraction of sp³-hybridized carbons (Fsp3) is 0.500. The zero-order chi connectivity index (χ0) is 5.91. The Balaban J connectivity index is 4.17. The van der Waals surface area contributed by atoms with Gasteiger partial charge >= 0.3 is 0 Å². The minimum atomic E-state index is -3.00. The maximum absolute atomic E-state index is 10.2. The van der Waals surface area contributed by atoms with E-state index in [0.717, 1.165) is 0 Å². The molecule has 0 rings (SSSR count). The molecule has 0 aromatic rings. The monoisotopic (exact) mass is 119 g/mol. The van der Waals surface area contributed by atoms with Crippen LogP contribution in [-0.2, 0) is 9.84 Å². The molecule has 0 bridgehead atoms. The summed E-state index contributed by atoms with van der Waals surface area (Å²) in [5.74, 6) is 0.0868. The molecular formula is C4H7O2S. The standard InChI is InChI=1S/C4H7O2S/c1-3-7(5,6)4-2/h1,3H,4H2,2H3. The number of hydrogen-bond acceptors (Lipinski definition) is 2. The summed E-state index contributed by atoms with van der Waals surface area (Å²) in [6, 6.07) is 0. The molecule has 0 amide bonds. The molecule has 1 radical (unpaired) electrons. The second-order valence-electron chi connectivity index (χ2n) is 1.09. The van der Waals surface area contributed by atoms with Gasteiger partial charge in [0.2, 0.25) is 0 Å². The Hall–Kier alpha value is -0.310. The fourth-order valence-corrected chi connectivity index (χ4v) is 0.289. The molecule has 0 aromatic heterocycles. The molecule has 0 aliphatic carbocycles. The Labute approximate surface area is 43.8 Å². The van der Waals surface area contributed by atoms with Crippen molar-refractivity contribution in [1.82, 2.24) is 0 Å². The average Bonchev–Trinajstić information content (AvgIpc) is 1.68. The number of rotatable bonds is 2. The smallest absolute Gasteiger partial charge is 0.171 e. The Bertz CT molecular complexity index is 143. The van der Waals surface area contributed by atoms with Crippen molar-refractivity contribution in [3.05, 3.63) is 12.0 Å². The average molecular weight is 119 g/mol. The molecule has 0 saturated heterocycles. The van der Waals surface area contributed by atoms with Crippen molar-refractivity contribution in [3.8, 4) is 0 Å². The normalized spacial score (nSPS) is 11.0. The van der Waals surface area contributed by atoms with E-state index in [-0.39, 0.29) is 5.75 Å². The van der Waals surface area contributed by atoms with Gasteiger partial charge in [0.1, 0.15) is 0 Å². The molecule has 0 unspecified atom stereocenters. The lowest BCUT2D eigenvalue weighted by atomic mass is 11.0. The van der Waals surface area contributed by atoms with Crippen LogP contribution in [0.2, 0.25) is 0 Å². The van der Waals surface area contributed by atoms with Crippen LogP contribution in [0.1, 0.15) is 6.92 Å². The lowest BCUT2D eigenvalue weighted by Crippen LogP contribution is -1.95. The van der Waals surface area contributed by atoms with Crippen LogP contribution < -0.4 is 0 Å². The van der Waals surface area contributed by atoms with Crippen LogP contribution in [-0.4, -0.2) is 14.2 Å². The van der Waals surface area contributed by atoms with Gasteiger partial charge in [0.15, 0.2) is 9.84 Å². The Morgan fingerprint density at radius 3 is 2.14 bits per heavy atom. The van der Waals surface area contributed by atoms with Crippen LogP contribution in [0, 0.1) is 6.58 Å². The lowest BCUT2D eigenvalue weighted by Gasteiger charge is -1.83. The summed E-state index contributed by atoms with van der Waals surface area (Å²) in [7, 11) is -3.00. The zero-order valence-electron chi connectivity index (χ0n) is 4.09. The van der Waals surface area contributed by atoms with Crippen molar-refractivity contribution in [2.75, 3.05) is 5.75 Å². The van der Waals surface area contributed by atoms with Gasteiger partial charge in [0, 0.05) is 5.41 Å². The van der Waals surface area contributed by atoms with Gasteiger partial charge < -0.3 is 0 Å². The third-order valence-electron chi connectivity index (χ3n) is 0.610. The van der Waals surface area contributed by atoms with Gasteiger partial charge in [-0.1, -0.05) is 13.5 Å². The van der Waals surface area contributed by atoms with E-state index >= 15 is 0 Å². The Kier molecular flexibility index (Phi) is 2.02. The fourth-order valence-electron chi connectivity index (χ4n) is 0.0962. The Morgan fingerprint density at radius 1 is 1.71 bits per heavy atom. The molecule has 2 nitrogen and oxygen atoms in total. The van der Waals surface area contributed by atoms with Crippen molar-refractivity contribution >= 4 is 9.84 Å². The van der Waals surface area contributed by atoms with Gasteiger partial charge in [-0.2, -0.15) is 0 Å². The first-order valence-corrected chi connectivity index (χ1v) is 3.61. The quantitative estimate of drug-likeness (QED) is 0.526. The highest BCUT2D eigenvalue weighted by molar-refractivity contribution is 7.94. The number of hydrogen-bond donors (Lipinski definition) is 0. The predicted octanol–water partition coefficient (Wildman–Crippen LogP) is 0.368. The molecule has 0 atom stereocenters. The van der Waals surface area contributed by atoms with Crippen LogP contribution in [0.4, 0.5) is 0 Å². The van der Waals surface area contributed by atoms with Gasteiger partial charge in [0.25, 0.3) is 0 Å². The molecule has 0 saturated carbocycles. The second kappa shape index (κ2) is 2.12. The molecular weight excluding hydrogens is 112 g/mol. The molecule has 0 aliphatic rings. The third-order valence-corrected chi connectivity index (χ3v) is 1.83. The first kappa shape index (κ1) is 6.69. The maximum atomic E-state index is 10.2. The third kappa shape index (κ3) is 2.39. The van der Waals surface area contributed by atoms with Crippen LogP contribution in [0.5, 0.6) is 0 Å². The molecule has 7 heavy (non-hydrogen) atoms. The van der Waals surface area contributed by atoms with E-state index in [0.29, 0.717) is 5.41 Å². The minimum absolute atomic E-state index is 0.0868. The van der Waals surface area contributed by atoms with Gasteiger partial charge in [-0.25, -0.2) is 8.42 Å². The molecule has 41 valence electrons. The Morgan fingerprint density at radius 2 is 2.14 bits per heavy atom. The molecule has 0 N–H and O–H groups in total. The first-order valence-electron chi connectivity index (χ1n) is 1.90. The van der Waals surface area contributed by atoms with Crippen molar-refractivity contribution < 1.29 is 8.42 Å². The van der Waals surface area contributed by atoms with E-state index in [9.17, 15) is 8.42 Å². The molecule has 0 spiro atoms. The van der Waals surface area contributed by atoms with E-state index in [2.05, 4.69) is 0 Å². The van der Waals surface area contributed by atoms with Gasteiger partial charge in [-0.3, -0.25) is 0 Å².